The van der Waals surface area contributed by atoms with Gasteiger partial charge in [-0.2, -0.15) is 0 Å². The summed E-state index contributed by atoms with van der Waals surface area (Å²) in [5.74, 6) is 0.348. The average Bonchev–Trinajstić information content (AvgIpc) is 2.85. The molecule has 0 radical (unpaired) electrons. The number of rotatable bonds is 7. The summed E-state index contributed by atoms with van der Waals surface area (Å²) < 4.78 is 0. The maximum absolute atomic E-state index is 12.2. The van der Waals surface area contributed by atoms with Crippen molar-refractivity contribution in [2.24, 2.45) is 4.99 Å². The van der Waals surface area contributed by atoms with Crippen LogP contribution in [0, 0.1) is 0 Å². The van der Waals surface area contributed by atoms with Crippen LogP contribution in [0.1, 0.15) is 32.6 Å². The van der Waals surface area contributed by atoms with E-state index < -0.39 is 18.2 Å². The highest BCUT2D eigenvalue weighted by Gasteiger charge is 2.49. The number of likely N-dealkylation sites (N-methyl/N-ethyl adjacent to an activating group) is 1. The topological polar surface area (TPSA) is 97.3 Å². The van der Waals surface area contributed by atoms with E-state index in [1.54, 1.807) is 7.05 Å². The van der Waals surface area contributed by atoms with Crippen LogP contribution in [0.25, 0.3) is 0 Å². The maximum atomic E-state index is 12.2. The van der Waals surface area contributed by atoms with Crippen molar-refractivity contribution in [3.05, 3.63) is 0 Å². The lowest BCUT2D eigenvalue weighted by Crippen LogP contribution is -2.64. The number of hydrogen-bond acceptors (Lipinski definition) is 4. The van der Waals surface area contributed by atoms with E-state index in [0.717, 1.165) is 25.8 Å². The number of nitrogens with zero attached hydrogens (tertiary/aromatic N) is 3. The lowest BCUT2D eigenvalue weighted by molar-refractivity contribution is -0.127. The predicted molar refractivity (Wildman–Crippen MR) is 82.2 cm³/mol. The lowest BCUT2D eigenvalue weighted by atomic mass is 10.1. The van der Waals surface area contributed by atoms with E-state index >= 15 is 0 Å². The summed E-state index contributed by atoms with van der Waals surface area (Å²) in [6.07, 6.45) is 3.32. The molecule has 8 nitrogen and oxygen atoms in total. The van der Waals surface area contributed by atoms with Crippen molar-refractivity contribution in [1.82, 2.24) is 20.4 Å². The molecule has 124 valence electrons. The molecule has 3 amide bonds. The summed E-state index contributed by atoms with van der Waals surface area (Å²) in [4.78, 5) is 31.8. The molecule has 22 heavy (non-hydrogen) atoms. The lowest BCUT2D eigenvalue weighted by Gasteiger charge is -2.35. The van der Waals surface area contributed by atoms with Gasteiger partial charge in [0.15, 0.2) is 12.0 Å². The van der Waals surface area contributed by atoms with E-state index in [1.807, 2.05) is 4.90 Å². The predicted octanol–water partition coefficient (Wildman–Crippen LogP) is -0.303. The van der Waals surface area contributed by atoms with E-state index in [1.165, 1.54) is 4.90 Å². The van der Waals surface area contributed by atoms with Gasteiger partial charge in [-0.05, 0) is 12.8 Å². The molecule has 2 aliphatic rings. The summed E-state index contributed by atoms with van der Waals surface area (Å²) in [7, 11) is 1.66. The van der Waals surface area contributed by atoms with Gasteiger partial charge in [-0.3, -0.25) is 15.1 Å². The third-order valence-corrected chi connectivity index (χ3v) is 4.00. The van der Waals surface area contributed by atoms with E-state index in [-0.39, 0.29) is 12.5 Å². The molecule has 2 unspecified atom stereocenters. The van der Waals surface area contributed by atoms with Gasteiger partial charge in [0.2, 0.25) is 0 Å². The fourth-order valence-electron chi connectivity index (χ4n) is 2.75. The van der Waals surface area contributed by atoms with Gasteiger partial charge in [-0.15, -0.1) is 0 Å². The van der Waals surface area contributed by atoms with Gasteiger partial charge in [0.05, 0.1) is 0 Å². The minimum atomic E-state index is -0.451. The normalized spacial score (nSPS) is 26.2. The quantitative estimate of drug-likeness (QED) is 0.561. The van der Waals surface area contributed by atoms with E-state index in [4.69, 9.17) is 5.11 Å². The number of aliphatic imine (C=N–C) groups is 1. The van der Waals surface area contributed by atoms with Crippen molar-refractivity contribution in [3.63, 3.8) is 0 Å². The molecule has 3 N–H and O–H groups in total. The monoisotopic (exact) mass is 311 g/mol. The van der Waals surface area contributed by atoms with Crippen molar-refractivity contribution in [2.75, 3.05) is 26.7 Å². The summed E-state index contributed by atoms with van der Waals surface area (Å²) in [6, 6.07) is -0.851. The van der Waals surface area contributed by atoms with Crippen molar-refractivity contribution in [1.29, 1.82) is 0 Å². The fourth-order valence-corrected chi connectivity index (χ4v) is 2.75. The second kappa shape index (κ2) is 7.44. The highest BCUT2D eigenvalue weighted by molar-refractivity contribution is 6.04. The number of carbonyl (C=O) groups excluding carboxylic acids is 2. The Bertz CT molecular complexity index is 454. The number of unbranched alkanes of at least 4 members (excludes halogenated alkanes) is 2. The van der Waals surface area contributed by atoms with Crippen LogP contribution < -0.4 is 10.6 Å². The van der Waals surface area contributed by atoms with Crippen LogP contribution in [0.3, 0.4) is 0 Å². The molecule has 8 heteroatoms. The van der Waals surface area contributed by atoms with Crippen molar-refractivity contribution >= 4 is 17.9 Å². The number of aliphatic hydroxyl groups excluding tert-OH is 1. The molecule has 0 aromatic carbocycles. The first-order chi connectivity index (χ1) is 10.6. The summed E-state index contributed by atoms with van der Waals surface area (Å²) in [5, 5.41) is 14.4. The van der Waals surface area contributed by atoms with Crippen LogP contribution in [-0.4, -0.2) is 71.8 Å². The van der Waals surface area contributed by atoms with Crippen LogP contribution in [-0.2, 0) is 4.79 Å². The molecule has 0 saturated carbocycles. The Balaban J connectivity index is 2.16. The third-order valence-electron chi connectivity index (χ3n) is 4.00. The molecule has 0 aliphatic carbocycles. The second-order valence-corrected chi connectivity index (χ2v) is 5.62. The first kappa shape index (κ1) is 16.5. The van der Waals surface area contributed by atoms with Gasteiger partial charge in [0, 0.05) is 26.7 Å². The number of nitrogens with one attached hydrogen (secondary N) is 2. The first-order valence-electron chi connectivity index (χ1n) is 7.86. The van der Waals surface area contributed by atoms with Gasteiger partial charge in [0.25, 0.3) is 5.91 Å². The molecule has 2 saturated heterocycles. The number of hydrogen-bond donors (Lipinski definition) is 3. The Hall–Kier alpha value is -1.83. The van der Waals surface area contributed by atoms with Crippen LogP contribution in [0.5, 0.6) is 0 Å². The molecule has 2 heterocycles. The number of carbonyl (C=O) groups is 2. The number of amides is 3. The maximum Gasteiger partial charge on any atom is 0.325 e. The van der Waals surface area contributed by atoms with Crippen LogP contribution >= 0.6 is 0 Å². The van der Waals surface area contributed by atoms with Crippen molar-refractivity contribution in [3.8, 4) is 0 Å². The zero-order valence-corrected chi connectivity index (χ0v) is 13.2. The zero-order valence-electron chi connectivity index (χ0n) is 13.2. The van der Waals surface area contributed by atoms with E-state index in [9.17, 15) is 9.59 Å². The summed E-state index contributed by atoms with van der Waals surface area (Å²) in [6.45, 7) is 3.41. The van der Waals surface area contributed by atoms with Gasteiger partial charge in [0.1, 0.15) is 6.17 Å². The standard InChI is InChI=1S/C14H25N5O3/c1-3-4-5-8-19-10-11(16-13(19)15-7-6-9-20)18(2)14(22)17-12(10)21/h10-11,20H,3-9H2,1-2H3,(H,15,16)(H,17,21,22). The Morgan fingerprint density at radius 1 is 1.27 bits per heavy atom. The number of guanidine groups is 1. The highest BCUT2D eigenvalue weighted by atomic mass is 16.3. The van der Waals surface area contributed by atoms with Gasteiger partial charge in [-0.25, -0.2) is 4.79 Å². The largest absolute Gasteiger partial charge is 0.396 e. The smallest absolute Gasteiger partial charge is 0.325 e. The number of imide groups is 1. The van der Waals surface area contributed by atoms with Gasteiger partial charge < -0.3 is 20.2 Å². The molecular formula is C14H25N5O3. The minimum Gasteiger partial charge on any atom is -0.396 e. The second-order valence-electron chi connectivity index (χ2n) is 5.62. The number of urea groups is 1. The Morgan fingerprint density at radius 3 is 2.73 bits per heavy atom. The summed E-state index contributed by atoms with van der Waals surface area (Å²) >= 11 is 0. The van der Waals surface area contributed by atoms with Crippen molar-refractivity contribution < 1.29 is 14.7 Å². The van der Waals surface area contributed by atoms with Crippen LogP contribution in [0.15, 0.2) is 4.99 Å². The number of fused-ring (bicyclic) bond motifs is 1. The van der Waals surface area contributed by atoms with E-state index in [0.29, 0.717) is 18.9 Å². The Kier molecular flexibility index (Phi) is 5.59. The Labute approximate surface area is 130 Å². The molecule has 0 bridgehead atoms. The zero-order chi connectivity index (χ0) is 16.1. The molecule has 2 atom stereocenters. The molecule has 0 spiro atoms. The van der Waals surface area contributed by atoms with Crippen LogP contribution in [0.2, 0.25) is 0 Å². The van der Waals surface area contributed by atoms with Crippen LogP contribution in [0.4, 0.5) is 4.79 Å². The number of aliphatic hydroxyl groups is 1. The minimum absolute atomic E-state index is 0.0817. The molecule has 0 aromatic rings. The molecular weight excluding hydrogens is 286 g/mol. The van der Waals surface area contributed by atoms with E-state index in [2.05, 4.69) is 22.5 Å². The highest BCUT2D eigenvalue weighted by Crippen LogP contribution is 2.21. The fraction of sp³-hybridized carbons (Fsp3) is 0.786. The Morgan fingerprint density at radius 2 is 2.05 bits per heavy atom. The van der Waals surface area contributed by atoms with Crippen molar-refractivity contribution in [2.45, 2.75) is 44.8 Å². The van der Waals surface area contributed by atoms with Gasteiger partial charge in [-0.1, -0.05) is 19.8 Å². The average molecular weight is 311 g/mol. The first-order valence-corrected chi connectivity index (χ1v) is 7.86. The molecule has 2 rings (SSSR count). The molecule has 2 aliphatic heterocycles. The molecule has 2 fully saturated rings. The summed E-state index contributed by atoms with van der Waals surface area (Å²) in [5.41, 5.74) is 0. The van der Waals surface area contributed by atoms with Gasteiger partial charge >= 0.3 is 6.03 Å². The third kappa shape index (κ3) is 3.32. The molecule has 0 aromatic heterocycles. The SMILES string of the molecule is CCCCCN1C(=NCCCO)NC2C1C(=O)NC(=O)N2C.